The zero-order chi connectivity index (χ0) is 22.3. The average Bonchev–Trinajstić information content (AvgIpc) is 2.70. The van der Waals surface area contributed by atoms with Crippen LogP contribution in [-0.4, -0.2) is 45.2 Å². The van der Waals surface area contributed by atoms with Crippen LogP contribution in [0.15, 0.2) is 48.5 Å². The number of aryl methyl sites for hydroxylation is 1. The quantitative estimate of drug-likeness (QED) is 0.348. The molecule has 0 spiro atoms. The van der Waals surface area contributed by atoms with Gasteiger partial charge in [0.15, 0.2) is 0 Å². The minimum Gasteiger partial charge on any atom is -0.497 e. The van der Waals surface area contributed by atoms with Gasteiger partial charge < -0.3 is 10.1 Å². The lowest BCUT2D eigenvalue weighted by molar-refractivity contribution is -0.384. The van der Waals surface area contributed by atoms with Gasteiger partial charge in [0.05, 0.1) is 24.0 Å². The van der Waals surface area contributed by atoms with Crippen molar-refractivity contribution in [1.82, 2.24) is 5.32 Å². The molecule has 0 heterocycles. The number of hydrogen-bond acceptors (Lipinski definition) is 6. The van der Waals surface area contributed by atoms with E-state index in [4.69, 9.17) is 4.74 Å². The summed E-state index contributed by atoms with van der Waals surface area (Å²) in [6.45, 7) is 1.80. The van der Waals surface area contributed by atoms with Crippen LogP contribution < -0.4 is 14.4 Å². The maximum Gasteiger partial charge on any atom is 0.271 e. The molecule has 162 valence electrons. The van der Waals surface area contributed by atoms with E-state index in [9.17, 15) is 23.3 Å². The van der Waals surface area contributed by atoms with Crippen molar-refractivity contribution in [2.45, 2.75) is 25.8 Å². The molecule has 1 amide bonds. The zero-order valence-corrected chi connectivity index (χ0v) is 17.9. The highest BCUT2D eigenvalue weighted by Crippen LogP contribution is 2.25. The van der Waals surface area contributed by atoms with Gasteiger partial charge in [0.2, 0.25) is 15.9 Å². The number of hydrogen-bond donors (Lipinski definition) is 1. The molecule has 0 saturated heterocycles. The monoisotopic (exact) mass is 435 g/mol. The zero-order valence-electron chi connectivity index (χ0n) is 17.1. The van der Waals surface area contributed by atoms with Gasteiger partial charge in [0, 0.05) is 18.7 Å². The van der Waals surface area contributed by atoms with Crippen molar-refractivity contribution in [3.05, 3.63) is 64.2 Å². The number of benzene rings is 2. The topological polar surface area (TPSA) is 119 Å². The van der Waals surface area contributed by atoms with Gasteiger partial charge in [-0.15, -0.1) is 0 Å². The first kappa shape index (κ1) is 23.1. The second-order valence-electron chi connectivity index (χ2n) is 6.76. The number of sulfonamides is 1. The second-order valence-corrected chi connectivity index (χ2v) is 8.62. The highest BCUT2D eigenvalue weighted by Gasteiger charge is 2.29. The summed E-state index contributed by atoms with van der Waals surface area (Å²) in [4.78, 5) is 23.0. The van der Waals surface area contributed by atoms with E-state index in [1.54, 1.807) is 7.11 Å². The van der Waals surface area contributed by atoms with E-state index >= 15 is 0 Å². The predicted molar refractivity (Wildman–Crippen MR) is 114 cm³/mol. The molecule has 0 aliphatic carbocycles. The maximum absolute atomic E-state index is 12.6. The first-order chi connectivity index (χ1) is 14.1. The van der Waals surface area contributed by atoms with Crippen molar-refractivity contribution in [2.24, 2.45) is 0 Å². The summed E-state index contributed by atoms with van der Waals surface area (Å²) in [6, 6.07) is 11.7. The molecule has 1 N–H and O–H groups in total. The number of carbonyl (C=O) groups is 1. The first-order valence-corrected chi connectivity index (χ1v) is 11.1. The number of rotatable bonds is 10. The number of anilines is 1. The van der Waals surface area contributed by atoms with Crippen molar-refractivity contribution in [2.75, 3.05) is 24.2 Å². The van der Waals surface area contributed by atoms with Crippen LogP contribution in [0.5, 0.6) is 5.75 Å². The lowest BCUT2D eigenvalue weighted by atomic mass is 10.1. The Kier molecular flexibility index (Phi) is 7.76. The molecular weight excluding hydrogens is 410 g/mol. The Balaban J connectivity index is 2.03. The fraction of sp³-hybridized carbons (Fsp3) is 0.350. The molecule has 0 aliphatic rings. The Morgan fingerprint density at radius 3 is 2.57 bits per heavy atom. The van der Waals surface area contributed by atoms with Gasteiger partial charge in [0.25, 0.3) is 5.69 Å². The fourth-order valence-corrected chi connectivity index (χ4v) is 4.20. The minimum absolute atomic E-state index is 0.0609. The van der Waals surface area contributed by atoms with Crippen molar-refractivity contribution in [3.63, 3.8) is 0 Å². The van der Waals surface area contributed by atoms with Gasteiger partial charge >= 0.3 is 0 Å². The molecule has 0 unspecified atom stereocenters. The summed E-state index contributed by atoms with van der Waals surface area (Å²) >= 11 is 0. The maximum atomic E-state index is 12.6. The third-order valence-corrected chi connectivity index (χ3v) is 5.70. The highest BCUT2D eigenvalue weighted by molar-refractivity contribution is 7.92. The number of nitro groups is 1. The van der Waals surface area contributed by atoms with Crippen molar-refractivity contribution < 1.29 is 22.9 Å². The molecule has 2 rings (SSSR count). The van der Waals surface area contributed by atoms with E-state index in [1.807, 2.05) is 24.3 Å². The summed E-state index contributed by atoms with van der Waals surface area (Å²) in [5.74, 6) is 0.267. The number of nitrogens with zero attached hydrogens (tertiary/aromatic N) is 2. The van der Waals surface area contributed by atoms with E-state index in [2.05, 4.69) is 5.32 Å². The van der Waals surface area contributed by atoms with Crippen molar-refractivity contribution in [1.29, 1.82) is 0 Å². The van der Waals surface area contributed by atoms with E-state index in [1.165, 1.54) is 25.1 Å². The molecule has 30 heavy (non-hydrogen) atoms. The van der Waals surface area contributed by atoms with E-state index < -0.39 is 26.9 Å². The predicted octanol–water partition coefficient (Wildman–Crippen LogP) is 2.51. The Labute approximate surface area is 175 Å². The molecule has 0 radical (unpaired) electrons. The summed E-state index contributed by atoms with van der Waals surface area (Å²) < 4.78 is 30.7. The molecule has 9 nitrogen and oxygen atoms in total. The normalized spacial score (nSPS) is 12.1. The number of nitro benzene ring substituents is 1. The average molecular weight is 436 g/mol. The summed E-state index contributed by atoms with van der Waals surface area (Å²) in [6.07, 6.45) is 2.33. The Morgan fingerprint density at radius 1 is 1.23 bits per heavy atom. The molecule has 0 bridgehead atoms. The number of methoxy groups -OCH3 is 1. The van der Waals surface area contributed by atoms with Crippen LogP contribution in [0, 0.1) is 10.1 Å². The number of nitrogens with one attached hydrogen (secondary N) is 1. The third kappa shape index (κ3) is 6.18. The molecule has 2 aromatic carbocycles. The second kappa shape index (κ2) is 10.1. The fourth-order valence-electron chi connectivity index (χ4n) is 3.03. The number of ether oxygens (including phenoxy) is 1. The number of carbonyl (C=O) groups excluding carboxylic acids is 1. The van der Waals surface area contributed by atoms with Crippen LogP contribution in [-0.2, 0) is 21.2 Å². The largest absolute Gasteiger partial charge is 0.497 e. The molecule has 10 heteroatoms. The minimum atomic E-state index is -3.85. The molecule has 2 aromatic rings. The summed E-state index contributed by atoms with van der Waals surface area (Å²) in [5, 5.41) is 13.7. The standard InChI is InChI=1S/C20H25N3O6S/c1-15(20(24)21-12-6-8-16-7-4-11-19(13-16)29-2)22(30(3,27)28)17-9-5-10-18(14-17)23(25)26/h4-5,7,9-11,13-15H,6,8,12H2,1-3H3,(H,21,24)/t15-/m1/s1. The van der Waals surface area contributed by atoms with Gasteiger partial charge in [-0.3, -0.25) is 19.2 Å². The van der Waals surface area contributed by atoms with Crippen LogP contribution >= 0.6 is 0 Å². The Bertz CT molecular complexity index is 1010. The van der Waals surface area contributed by atoms with Crippen LogP contribution in [0.1, 0.15) is 18.9 Å². The summed E-state index contributed by atoms with van der Waals surface area (Å²) in [7, 11) is -2.26. The van der Waals surface area contributed by atoms with Crippen LogP contribution in [0.25, 0.3) is 0 Å². The lowest BCUT2D eigenvalue weighted by Gasteiger charge is -2.28. The molecule has 0 fully saturated rings. The molecule has 0 aliphatic heterocycles. The van der Waals surface area contributed by atoms with E-state index in [-0.39, 0.29) is 11.4 Å². The van der Waals surface area contributed by atoms with Crippen LogP contribution in [0.3, 0.4) is 0 Å². The molecule has 1 atom stereocenters. The lowest BCUT2D eigenvalue weighted by Crippen LogP contribution is -2.48. The van der Waals surface area contributed by atoms with E-state index in [0.717, 1.165) is 27.9 Å². The van der Waals surface area contributed by atoms with Gasteiger partial charge in [-0.2, -0.15) is 0 Å². The van der Waals surface area contributed by atoms with Crippen LogP contribution in [0.4, 0.5) is 11.4 Å². The Morgan fingerprint density at radius 2 is 1.93 bits per heavy atom. The smallest absolute Gasteiger partial charge is 0.271 e. The van der Waals surface area contributed by atoms with Crippen molar-refractivity contribution in [3.8, 4) is 5.75 Å². The number of amides is 1. The van der Waals surface area contributed by atoms with Gasteiger partial charge in [-0.1, -0.05) is 18.2 Å². The van der Waals surface area contributed by atoms with Crippen molar-refractivity contribution >= 4 is 27.3 Å². The van der Waals surface area contributed by atoms with Crippen LogP contribution in [0.2, 0.25) is 0 Å². The third-order valence-electron chi connectivity index (χ3n) is 4.46. The molecular formula is C20H25N3O6S. The van der Waals surface area contributed by atoms with Gasteiger partial charge in [0.1, 0.15) is 11.8 Å². The Hall–Kier alpha value is -3.14. The van der Waals surface area contributed by atoms with Gasteiger partial charge in [-0.05, 0) is 43.5 Å². The molecule has 0 aromatic heterocycles. The SMILES string of the molecule is COc1cccc(CCCNC(=O)[C@@H](C)N(c2cccc([N+](=O)[O-])c2)S(C)(=O)=O)c1. The molecule has 0 saturated carbocycles. The van der Waals surface area contributed by atoms with E-state index in [0.29, 0.717) is 19.4 Å². The first-order valence-electron chi connectivity index (χ1n) is 9.28. The highest BCUT2D eigenvalue weighted by atomic mass is 32.2. The summed E-state index contributed by atoms with van der Waals surface area (Å²) in [5.41, 5.74) is 0.865. The number of non-ortho nitro benzene ring substituents is 1. The van der Waals surface area contributed by atoms with Gasteiger partial charge in [-0.25, -0.2) is 8.42 Å².